The second-order valence-electron chi connectivity index (χ2n) is 11.7. The van der Waals surface area contributed by atoms with Gasteiger partial charge < -0.3 is 32.4 Å². The Morgan fingerprint density at radius 2 is 0.782 bits per heavy atom. The molecular formula is C46H52ClNO4P2Ru+2. The normalized spacial score (nSPS) is 10.1. The van der Waals surface area contributed by atoms with Crippen molar-refractivity contribution in [2.24, 2.45) is 0 Å². The van der Waals surface area contributed by atoms with Crippen LogP contribution in [0.5, 0.6) is 0 Å². The molecule has 5 nitrogen and oxygen atoms in total. The number of nitrogens with one attached hydrogen (secondary N) is 1. The van der Waals surface area contributed by atoms with Gasteiger partial charge in [-0.2, -0.15) is 0 Å². The summed E-state index contributed by atoms with van der Waals surface area (Å²) in [5, 5.41) is 18.8. The van der Waals surface area contributed by atoms with Crippen LogP contribution in [-0.2, 0) is 29.1 Å². The van der Waals surface area contributed by atoms with E-state index < -0.39 is 15.8 Å². The number of halogens is 1. The molecule has 0 saturated carbocycles. The van der Waals surface area contributed by atoms with Crippen molar-refractivity contribution in [2.75, 3.05) is 25.4 Å². The Kier molecular flexibility index (Phi) is 29.9. The summed E-state index contributed by atoms with van der Waals surface area (Å²) in [6.45, 7) is 12.0. The van der Waals surface area contributed by atoms with Crippen molar-refractivity contribution in [3.05, 3.63) is 193 Å². The molecule has 6 aromatic rings. The van der Waals surface area contributed by atoms with E-state index in [0.717, 1.165) is 24.2 Å². The van der Waals surface area contributed by atoms with Crippen molar-refractivity contribution >= 4 is 56.4 Å². The van der Waals surface area contributed by atoms with Crippen LogP contribution in [0.1, 0.15) is 35.9 Å². The molecule has 6 aromatic carbocycles. The molecule has 0 fully saturated rings. The smallest absolute Gasteiger partial charge is 0.0967 e. The summed E-state index contributed by atoms with van der Waals surface area (Å²) in [6, 6.07) is 63.0. The molecule has 0 spiro atoms. The van der Waals surface area contributed by atoms with Crippen molar-refractivity contribution < 1.29 is 51.4 Å². The number of hydrogen-bond donors (Lipinski definition) is 2. The van der Waals surface area contributed by atoms with E-state index in [9.17, 15) is 4.79 Å². The molecule has 0 aromatic heterocycles. The number of aliphatic hydroxyl groups is 1. The third kappa shape index (κ3) is 20.0. The molecule has 1 radical (unpaired) electrons. The summed E-state index contributed by atoms with van der Waals surface area (Å²) < 4.78 is 0. The van der Waals surface area contributed by atoms with Gasteiger partial charge in [0.2, 0.25) is 0 Å². The summed E-state index contributed by atoms with van der Waals surface area (Å²) in [4.78, 5) is 26.1. The van der Waals surface area contributed by atoms with Crippen LogP contribution in [0.25, 0.3) is 0 Å². The Balaban J connectivity index is 0.000000997. The third-order valence-corrected chi connectivity index (χ3v) is 13.7. The first-order valence-electron chi connectivity index (χ1n) is 17.4. The second-order valence-corrected chi connectivity index (χ2v) is 16.9. The molecule has 0 saturated heterocycles. The van der Waals surface area contributed by atoms with Crippen LogP contribution in [0.3, 0.4) is 0 Å². The number of aliphatic hydroxyl groups excluding tert-OH is 1. The minimum Gasteiger partial charge on any atom is -0.310 e. The molecule has 0 amide bonds. The molecule has 55 heavy (non-hydrogen) atoms. The van der Waals surface area contributed by atoms with E-state index in [1.807, 2.05) is 60.7 Å². The van der Waals surface area contributed by atoms with Crippen LogP contribution >= 0.6 is 15.8 Å². The first-order chi connectivity index (χ1) is 26.0. The maximum Gasteiger partial charge on any atom is 0.0967 e. The fourth-order valence-electron chi connectivity index (χ4n) is 5.42. The largest absolute Gasteiger partial charge is 0.310 e. The van der Waals surface area contributed by atoms with Gasteiger partial charge in [-0.3, -0.25) is 18.4 Å². The number of ketones is 1. The number of carbonyl (C=O) groups is 1. The van der Waals surface area contributed by atoms with E-state index in [-0.39, 0.29) is 43.8 Å². The molecule has 0 bridgehead atoms. The SMILES string of the molecule is CC(=O)c1ccccc1.CC(O)c1ccccc1.[CH-]=O.[CH-]=O.[Cl-].[RuH+3].c1ccc([PH+](CCNCC[PH+](c2ccccc2)c2ccccc2)c2ccccc2)cc1. The second kappa shape index (κ2) is 32.3. The summed E-state index contributed by atoms with van der Waals surface area (Å²) in [5.41, 5.74) is 1.75. The number of rotatable bonds is 12. The maximum absolute atomic E-state index is 10.6. The summed E-state index contributed by atoms with van der Waals surface area (Å²) in [5.74, 6) is 0.121. The average molecular weight is 881 g/mol. The van der Waals surface area contributed by atoms with E-state index in [1.165, 1.54) is 33.5 Å². The number of benzene rings is 6. The average Bonchev–Trinajstić information content (AvgIpc) is 3.24. The Morgan fingerprint density at radius 1 is 0.527 bits per heavy atom. The van der Waals surface area contributed by atoms with E-state index in [0.29, 0.717) is 0 Å². The summed E-state index contributed by atoms with van der Waals surface area (Å²) in [7, 11) is -1.52. The number of Topliss-reactive ketones (excluding diaryl/α,β-unsaturated/α-hetero) is 1. The fourth-order valence-corrected chi connectivity index (χ4v) is 10.5. The Bertz CT molecular complexity index is 1610. The molecule has 1 atom stereocenters. The topological polar surface area (TPSA) is 83.5 Å². The first-order valence-corrected chi connectivity index (χ1v) is 20.8. The van der Waals surface area contributed by atoms with Gasteiger partial charge in [0.1, 0.15) is 0 Å². The first kappa shape index (κ1) is 51.0. The number of carbonyl (C=O) groups excluding carboxylic acids is 3. The van der Waals surface area contributed by atoms with Gasteiger partial charge in [0.15, 0.2) is 5.78 Å². The zero-order chi connectivity index (χ0) is 38.5. The molecule has 0 aliphatic carbocycles. The quantitative estimate of drug-likeness (QED) is 0.0484. The van der Waals surface area contributed by atoms with Crippen molar-refractivity contribution in [1.29, 1.82) is 0 Å². The molecular weight excluding hydrogens is 829 g/mol. The molecule has 1 unspecified atom stereocenters. The molecule has 0 aliphatic heterocycles. The van der Waals surface area contributed by atoms with Crippen LogP contribution in [0.4, 0.5) is 0 Å². The standard InChI is InChI=1S/C28H29NP2.C8H10O.C8H8O.2CHO.ClH.Ru.H/c1-5-13-25(14-6-1)30(26-15-7-2-8-16-26)23-21-29-22-24-31(27-17-9-3-10-18-27)28-19-11-4-12-20-28;2*1-7(9)8-5-3-2-4-6-8;2*1-2;;;/h1-20,29H,21-24H2;2-7,9H,1H3;2-6H,1H3;2*1H;1H;;/q;;;2*-1;;+3;/p+1. The van der Waals surface area contributed by atoms with Crippen LogP contribution in [0, 0.1) is 0 Å². The third-order valence-electron chi connectivity index (χ3n) is 8.05. The monoisotopic (exact) mass is 881 g/mol. The van der Waals surface area contributed by atoms with Gasteiger partial charge in [-0.25, -0.2) is 0 Å². The molecule has 0 aliphatic rings. The Hall–Kier alpha value is -3.98. The van der Waals surface area contributed by atoms with Gasteiger partial charge in [-0.05, 0) is 67.9 Å². The molecule has 9 heteroatoms. The molecule has 6 rings (SSSR count). The zero-order valence-corrected chi connectivity index (χ0v) is 35.9. The van der Waals surface area contributed by atoms with Crippen molar-refractivity contribution in [2.45, 2.75) is 20.0 Å². The minimum absolute atomic E-state index is 0. The van der Waals surface area contributed by atoms with Gasteiger partial charge >= 0.3 is 19.5 Å². The molecule has 0 heterocycles. The van der Waals surface area contributed by atoms with Crippen LogP contribution in [0.15, 0.2) is 182 Å². The van der Waals surface area contributed by atoms with Crippen molar-refractivity contribution in [3.8, 4) is 0 Å². The maximum atomic E-state index is 10.6. The van der Waals surface area contributed by atoms with E-state index >= 15 is 0 Å². The van der Waals surface area contributed by atoms with Crippen LogP contribution in [0.2, 0.25) is 0 Å². The predicted molar refractivity (Wildman–Crippen MR) is 232 cm³/mol. The van der Waals surface area contributed by atoms with E-state index in [4.69, 9.17) is 14.7 Å². The Morgan fingerprint density at radius 3 is 1.00 bits per heavy atom. The fraction of sp³-hybridized carbons (Fsp3) is 0.152. The minimum atomic E-state index is -0.758. The van der Waals surface area contributed by atoms with Crippen LogP contribution < -0.4 is 38.9 Å². The number of hydrogen-bond acceptors (Lipinski definition) is 5. The van der Waals surface area contributed by atoms with Gasteiger partial charge in [0.05, 0.1) is 55.5 Å². The summed E-state index contributed by atoms with van der Waals surface area (Å²) in [6.07, 6.45) is 2.07. The molecule has 2 N–H and O–H groups in total. The van der Waals surface area contributed by atoms with E-state index in [2.05, 4.69) is 140 Å². The van der Waals surface area contributed by atoms with Crippen molar-refractivity contribution in [1.82, 2.24) is 5.32 Å². The predicted octanol–water partition coefficient (Wildman–Crippen LogP) is 4.12. The Labute approximate surface area is 349 Å². The van der Waals surface area contributed by atoms with E-state index in [1.54, 1.807) is 13.8 Å². The molecule has 288 valence electrons. The zero-order valence-electron chi connectivity index (χ0n) is 31.3. The van der Waals surface area contributed by atoms with Gasteiger partial charge in [0.25, 0.3) is 0 Å². The van der Waals surface area contributed by atoms with Crippen LogP contribution in [-0.4, -0.2) is 49.9 Å². The summed E-state index contributed by atoms with van der Waals surface area (Å²) >= 11 is 0. The van der Waals surface area contributed by atoms with Crippen molar-refractivity contribution in [3.63, 3.8) is 0 Å². The van der Waals surface area contributed by atoms with Gasteiger partial charge in [-0.15, -0.1) is 0 Å². The van der Waals surface area contributed by atoms with Gasteiger partial charge in [0, 0.05) is 18.7 Å². The van der Waals surface area contributed by atoms with Gasteiger partial charge in [-0.1, -0.05) is 133 Å².